The number of benzene rings is 2. The van der Waals surface area contributed by atoms with Gasteiger partial charge in [0.05, 0.1) is 20.3 Å². The smallest absolute Gasteiger partial charge is 0.343 e. The Labute approximate surface area is 160 Å². The van der Waals surface area contributed by atoms with Crippen molar-refractivity contribution in [3.63, 3.8) is 0 Å². The SMILES string of the molecule is COc1cc(-c2onc(NCCOCc3ccccc3)c2C(=O)O)ccc1F. The van der Waals surface area contributed by atoms with Gasteiger partial charge in [0.25, 0.3) is 0 Å². The summed E-state index contributed by atoms with van der Waals surface area (Å²) >= 11 is 0. The average Bonchev–Trinajstić information content (AvgIpc) is 3.13. The van der Waals surface area contributed by atoms with Gasteiger partial charge in [0.15, 0.2) is 28.7 Å². The van der Waals surface area contributed by atoms with Crippen LogP contribution in [0, 0.1) is 5.82 Å². The molecule has 1 aromatic heterocycles. The molecule has 0 spiro atoms. The number of carbonyl (C=O) groups is 1. The van der Waals surface area contributed by atoms with Crippen LogP contribution < -0.4 is 10.1 Å². The number of hydrogen-bond donors (Lipinski definition) is 2. The van der Waals surface area contributed by atoms with E-state index in [-0.39, 0.29) is 22.9 Å². The number of ether oxygens (including phenoxy) is 2. The van der Waals surface area contributed by atoms with Gasteiger partial charge < -0.3 is 24.4 Å². The predicted molar refractivity (Wildman–Crippen MR) is 100.0 cm³/mol. The van der Waals surface area contributed by atoms with Gasteiger partial charge >= 0.3 is 5.97 Å². The summed E-state index contributed by atoms with van der Waals surface area (Å²) in [6.45, 7) is 1.14. The molecule has 0 saturated carbocycles. The molecular weight excluding hydrogens is 367 g/mol. The highest BCUT2D eigenvalue weighted by molar-refractivity contribution is 5.99. The fourth-order valence-corrected chi connectivity index (χ4v) is 2.61. The van der Waals surface area contributed by atoms with Crippen molar-refractivity contribution in [2.75, 3.05) is 25.6 Å². The summed E-state index contributed by atoms with van der Waals surface area (Å²) < 4.78 is 29.3. The fourth-order valence-electron chi connectivity index (χ4n) is 2.61. The summed E-state index contributed by atoms with van der Waals surface area (Å²) in [5.74, 6) is -1.70. The van der Waals surface area contributed by atoms with E-state index >= 15 is 0 Å². The van der Waals surface area contributed by atoms with Crippen molar-refractivity contribution in [3.8, 4) is 17.1 Å². The Morgan fingerprint density at radius 3 is 2.75 bits per heavy atom. The second kappa shape index (κ2) is 9.01. The van der Waals surface area contributed by atoms with Gasteiger partial charge in [-0.05, 0) is 23.8 Å². The van der Waals surface area contributed by atoms with E-state index in [2.05, 4.69) is 10.5 Å². The molecule has 0 aliphatic rings. The maximum atomic E-state index is 13.6. The molecule has 0 unspecified atom stereocenters. The van der Waals surface area contributed by atoms with E-state index in [0.717, 1.165) is 5.56 Å². The van der Waals surface area contributed by atoms with Gasteiger partial charge in [-0.15, -0.1) is 0 Å². The topological polar surface area (TPSA) is 93.8 Å². The fraction of sp³-hybridized carbons (Fsp3) is 0.200. The number of anilines is 1. The van der Waals surface area contributed by atoms with Crippen LogP contribution in [0.15, 0.2) is 53.1 Å². The van der Waals surface area contributed by atoms with Crippen molar-refractivity contribution in [1.82, 2.24) is 5.16 Å². The number of carboxylic acids is 1. The van der Waals surface area contributed by atoms with Gasteiger partial charge in [-0.1, -0.05) is 35.5 Å². The van der Waals surface area contributed by atoms with E-state index in [1.54, 1.807) is 0 Å². The molecule has 28 heavy (non-hydrogen) atoms. The number of carboxylic acid groups (broad SMARTS) is 1. The molecule has 0 bridgehead atoms. The lowest BCUT2D eigenvalue weighted by Gasteiger charge is -2.06. The van der Waals surface area contributed by atoms with Crippen LogP contribution >= 0.6 is 0 Å². The first-order valence-electron chi connectivity index (χ1n) is 8.52. The quantitative estimate of drug-likeness (QED) is 0.540. The van der Waals surface area contributed by atoms with Crippen LogP contribution in [-0.2, 0) is 11.3 Å². The Morgan fingerprint density at radius 2 is 2.04 bits per heavy atom. The highest BCUT2D eigenvalue weighted by Crippen LogP contribution is 2.32. The van der Waals surface area contributed by atoms with Gasteiger partial charge in [-0.3, -0.25) is 0 Å². The Hall–Kier alpha value is -3.39. The largest absolute Gasteiger partial charge is 0.494 e. The number of halogens is 1. The van der Waals surface area contributed by atoms with Crippen molar-refractivity contribution >= 4 is 11.8 Å². The van der Waals surface area contributed by atoms with E-state index in [1.807, 2.05) is 30.3 Å². The lowest BCUT2D eigenvalue weighted by Crippen LogP contribution is -2.12. The summed E-state index contributed by atoms with van der Waals surface area (Å²) in [6.07, 6.45) is 0. The van der Waals surface area contributed by atoms with Crippen LogP contribution in [0.4, 0.5) is 10.2 Å². The molecule has 0 aliphatic carbocycles. The second-order valence-corrected chi connectivity index (χ2v) is 5.85. The molecule has 3 rings (SSSR count). The van der Waals surface area contributed by atoms with E-state index in [1.165, 1.54) is 25.3 Å². The first-order chi connectivity index (χ1) is 13.6. The van der Waals surface area contributed by atoms with Crippen LogP contribution in [-0.4, -0.2) is 36.5 Å². The number of aromatic carboxylic acids is 1. The lowest BCUT2D eigenvalue weighted by molar-refractivity contribution is 0.0698. The Balaban J connectivity index is 1.66. The van der Waals surface area contributed by atoms with Crippen molar-refractivity contribution < 1.29 is 28.3 Å². The van der Waals surface area contributed by atoms with E-state index < -0.39 is 11.8 Å². The summed E-state index contributed by atoms with van der Waals surface area (Å²) in [5, 5.41) is 16.2. The normalized spacial score (nSPS) is 10.6. The number of nitrogens with one attached hydrogen (secondary N) is 1. The van der Waals surface area contributed by atoms with Crippen LogP contribution in [0.3, 0.4) is 0 Å². The maximum Gasteiger partial charge on any atom is 0.343 e. The minimum Gasteiger partial charge on any atom is -0.494 e. The summed E-state index contributed by atoms with van der Waals surface area (Å²) in [7, 11) is 1.32. The molecule has 2 aromatic carbocycles. The highest BCUT2D eigenvalue weighted by Gasteiger charge is 2.24. The van der Waals surface area contributed by atoms with Crippen LogP contribution in [0.2, 0.25) is 0 Å². The van der Waals surface area contributed by atoms with Crippen molar-refractivity contribution in [2.45, 2.75) is 6.61 Å². The molecule has 0 amide bonds. The molecular formula is C20H19FN2O5. The summed E-state index contributed by atoms with van der Waals surface area (Å²) in [6, 6.07) is 13.6. The summed E-state index contributed by atoms with van der Waals surface area (Å²) in [4.78, 5) is 11.7. The predicted octanol–water partition coefficient (Wildman–Crippen LogP) is 3.82. The number of nitrogens with zero attached hydrogens (tertiary/aromatic N) is 1. The summed E-state index contributed by atoms with van der Waals surface area (Å²) in [5.41, 5.74) is 1.25. The van der Waals surface area contributed by atoms with Gasteiger partial charge in [-0.2, -0.15) is 0 Å². The monoisotopic (exact) mass is 386 g/mol. The molecule has 3 aromatic rings. The van der Waals surface area contributed by atoms with Gasteiger partial charge in [0, 0.05) is 12.1 Å². The van der Waals surface area contributed by atoms with Crippen LogP contribution in [0.25, 0.3) is 11.3 Å². The van der Waals surface area contributed by atoms with Gasteiger partial charge in [0.2, 0.25) is 0 Å². The molecule has 0 atom stereocenters. The lowest BCUT2D eigenvalue weighted by atomic mass is 10.1. The van der Waals surface area contributed by atoms with Crippen LogP contribution in [0.1, 0.15) is 15.9 Å². The maximum absolute atomic E-state index is 13.6. The van der Waals surface area contributed by atoms with Gasteiger partial charge in [-0.25, -0.2) is 9.18 Å². The zero-order chi connectivity index (χ0) is 19.9. The molecule has 0 fully saturated rings. The first-order valence-corrected chi connectivity index (χ1v) is 8.52. The third-order valence-corrected chi connectivity index (χ3v) is 3.97. The molecule has 146 valence electrons. The zero-order valence-electron chi connectivity index (χ0n) is 15.1. The molecule has 0 aliphatic heterocycles. The molecule has 2 N–H and O–H groups in total. The van der Waals surface area contributed by atoms with E-state index in [4.69, 9.17) is 14.0 Å². The Bertz CT molecular complexity index is 943. The van der Waals surface area contributed by atoms with Crippen LogP contribution in [0.5, 0.6) is 5.75 Å². The molecule has 7 nitrogen and oxygen atoms in total. The zero-order valence-corrected chi connectivity index (χ0v) is 15.1. The average molecular weight is 386 g/mol. The van der Waals surface area contributed by atoms with Crippen molar-refractivity contribution in [2.24, 2.45) is 0 Å². The number of methoxy groups -OCH3 is 1. The van der Waals surface area contributed by atoms with E-state index in [0.29, 0.717) is 25.3 Å². The van der Waals surface area contributed by atoms with E-state index in [9.17, 15) is 14.3 Å². The molecule has 0 radical (unpaired) electrons. The Morgan fingerprint density at radius 1 is 1.25 bits per heavy atom. The third-order valence-electron chi connectivity index (χ3n) is 3.97. The van der Waals surface area contributed by atoms with Crippen molar-refractivity contribution in [1.29, 1.82) is 0 Å². The highest BCUT2D eigenvalue weighted by atomic mass is 19.1. The number of rotatable bonds is 9. The first kappa shape index (κ1) is 19.4. The second-order valence-electron chi connectivity index (χ2n) is 5.85. The molecule has 1 heterocycles. The minimum absolute atomic E-state index is 0.0125. The third kappa shape index (κ3) is 4.47. The van der Waals surface area contributed by atoms with Crippen molar-refractivity contribution in [3.05, 3.63) is 65.5 Å². The number of hydrogen-bond acceptors (Lipinski definition) is 6. The van der Waals surface area contributed by atoms with Gasteiger partial charge in [0.1, 0.15) is 0 Å². The molecule has 0 saturated heterocycles. The minimum atomic E-state index is -1.22. The Kier molecular flexibility index (Phi) is 6.23. The number of aromatic nitrogens is 1. The molecule has 8 heteroatoms. The standard InChI is InChI=1S/C20H19FN2O5/c1-26-16-11-14(7-8-15(16)21)18-17(20(24)25)19(23-28-18)22-9-10-27-12-13-5-3-2-4-6-13/h2-8,11H,9-10,12H2,1H3,(H,22,23)(H,24,25).